The summed E-state index contributed by atoms with van der Waals surface area (Å²) < 4.78 is 25.8. The third-order valence-electron chi connectivity index (χ3n) is 3.98. The van der Waals surface area contributed by atoms with E-state index in [1.54, 1.807) is 25.1 Å². The van der Waals surface area contributed by atoms with Crippen LogP contribution in [0.1, 0.15) is 25.3 Å². The number of carbonyl (C=O) groups excluding carboxylic acids is 1. The molecular weight excluding hydrogens is 384 g/mol. The monoisotopic (exact) mass is 404 g/mol. The van der Waals surface area contributed by atoms with Crippen LogP contribution >= 0.6 is 15.9 Å². The standard InChI is InChI=1S/C15H21BrN2O4S/c1-2-23(21,22)18-7-5-13(6-8-18)17-15(20)9-11-3-4-12(16)10-14(11)19/h3-4,10,13,19H,2,5-9H2,1H3,(H,17,20). The first-order valence-electron chi connectivity index (χ1n) is 7.56. The Hall–Kier alpha value is -1.12. The number of piperidine rings is 1. The van der Waals surface area contributed by atoms with E-state index in [9.17, 15) is 18.3 Å². The predicted octanol–water partition coefficient (Wildman–Crippen LogP) is 1.63. The molecule has 1 fully saturated rings. The van der Waals surface area contributed by atoms with E-state index in [1.165, 1.54) is 4.31 Å². The van der Waals surface area contributed by atoms with Crippen molar-refractivity contribution in [1.29, 1.82) is 0 Å². The third-order valence-corrected chi connectivity index (χ3v) is 6.35. The minimum absolute atomic E-state index is 0.0246. The summed E-state index contributed by atoms with van der Waals surface area (Å²) in [5.74, 6) is 0.0187. The van der Waals surface area contributed by atoms with Crippen LogP contribution in [0.5, 0.6) is 5.75 Å². The van der Waals surface area contributed by atoms with Crippen LogP contribution in [-0.4, -0.2) is 48.6 Å². The summed E-state index contributed by atoms with van der Waals surface area (Å²) in [7, 11) is -3.15. The third kappa shape index (κ3) is 4.92. The maximum Gasteiger partial charge on any atom is 0.224 e. The van der Waals surface area contributed by atoms with Gasteiger partial charge in [-0.15, -0.1) is 0 Å². The molecule has 0 aromatic heterocycles. The second kappa shape index (κ2) is 7.63. The van der Waals surface area contributed by atoms with Crippen molar-refractivity contribution >= 4 is 31.9 Å². The molecule has 6 nitrogen and oxygen atoms in total. The Bertz CT molecular complexity index is 670. The van der Waals surface area contributed by atoms with E-state index < -0.39 is 10.0 Å². The van der Waals surface area contributed by atoms with Crippen LogP contribution in [-0.2, 0) is 21.2 Å². The van der Waals surface area contributed by atoms with Crippen LogP contribution in [0.2, 0.25) is 0 Å². The van der Waals surface area contributed by atoms with Gasteiger partial charge in [0.25, 0.3) is 0 Å². The molecule has 0 saturated carbocycles. The lowest BCUT2D eigenvalue weighted by molar-refractivity contribution is -0.121. The number of aromatic hydroxyl groups is 1. The number of halogens is 1. The molecule has 1 aliphatic rings. The lowest BCUT2D eigenvalue weighted by Crippen LogP contribution is -2.47. The van der Waals surface area contributed by atoms with Gasteiger partial charge < -0.3 is 10.4 Å². The summed E-state index contributed by atoms with van der Waals surface area (Å²) in [6.45, 7) is 2.50. The lowest BCUT2D eigenvalue weighted by Gasteiger charge is -2.31. The van der Waals surface area contributed by atoms with Crippen molar-refractivity contribution in [2.24, 2.45) is 0 Å². The Morgan fingerprint density at radius 3 is 2.61 bits per heavy atom. The largest absolute Gasteiger partial charge is 0.508 e. The highest BCUT2D eigenvalue weighted by Crippen LogP contribution is 2.23. The van der Waals surface area contributed by atoms with E-state index in [4.69, 9.17) is 0 Å². The molecule has 0 unspecified atom stereocenters. The molecule has 1 amide bonds. The van der Waals surface area contributed by atoms with Gasteiger partial charge in [-0.3, -0.25) is 4.79 Å². The summed E-state index contributed by atoms with van der Waals surface area (Å²) in [4.78, 5) is 12.1. The van der Waals surface area contributed by atoms with Crippen molar-refractivity contribution in [2.45, 2.75) is 32.2 Å². The van der Waals surface area contributed by atoms with E-state index in [0.717, 1.165) is 4.47 Å². The molecule has 0 atom stereocenters. The molecule has 0 bridgehead atoms. The first-order chi connectivity index (χ1) is 10.8. The maximum absolute atomic E-state index is 12.1. The van der Waals surface area contributed by atoms with E-state index in [-0.39, 0.29) is 29.9 Å². The molecule has 1 aliphatic heterocycles. The fourth-order valence-corrected chi connectivity index (χ4v) is 4.08. The fraction of sp³-hybridized carbons (Fsp3) is 0.533. The molecule has 8 heteroatoms. The van der Waals surface area contributed by atoms with Crippen molar-refractivity contribution in [3.8, 4) is 5.75 Å². The Balaban J connectivity index is 1.85. The van der Waals surface area contributed by atoms with Crippen molar-refractivity contribution in [1.82, 2.24) is 9.62 Å². The fourth-order valence-electron chi connectivity index (χ4n) is 2.60. The van der Waals surface area contributed by atoms with Crippen LogP contribution in [0.15, 0.2) is 22.7 Å². The molecule has 23 heavy (non-hydrogen) atoms. The first kappa shape index (κ1) is 18.2. The maximum atomic E-state index is 12.1. The topological polar surface area (TPSA) is 86.7 Å². The predicted molar refractivity (Wildman–Crippen MR) is 91.7 cm³/mol. The highest BCUT2D eigenvalue weighted by molar-refractivity contribution is 9.10. The van der Waals surface area contributed by atoms with Crippen molar-refractivity contribution < 1.29 is 18.3 Å². The summed E-state index contributed by atoms with van der Waals surface area (Å²) in [6, 6.07) is 5.01. The summed E-state index contributed by atoms with van der Waals surface area (Å²) >= 11 is 3.26. The number of rotatable bonds is 5. The average molecular weight is 405 g/mol. The Morgan fingerprint density at radius 2 is 2.04 bits per heavy atom. The summed E-state index contributed by atoms with van der Waals surface area (Å²) in [6.07, 6.45) is 1.32. The van der Waals surface area contributed by atoms with Gasteiger partial charge in [-0.2, -0.15) is 0 Å². The van der Waals surface area contributed by atoms with Gasteiger partial charge in [0, 0.05) is 29.2 Å². The number of sulfonamides is 1. The van der Waals surface area contributed by atoms with Crippen molar-refractivity contribution in [3.05, 3.63) is 28.2 Å². The number of hydrogen-bond donors (Lipinski definition) is 2. The zero-order valence-corrected chi connectivity index (χ0v) is 15.4. The molecule has 1 saturated heterocycles. The second-order valence-corrected chi connectivity index (χ2v) is 8.76. The molecule has 0 spiro atoms. The van der Waals surface area contributed by atoms with Gasteiger partial charge in [-0.05, 0) is 31.9 Å². The summed E-state index contributed by atoms with van der Waals surface area (Å²) in [5.41, 5.74) is 0.566. The molecular formula is C15H21BrN2O4S. The SMILES string of the molecule is CCS(=O)(=O)N1CCC(NC(=O)Cc2ccc(Br)cc2O)CC1. The zero-order chi connectivity index (χ0) is 17.0. The Morgan fingerprint density at radius 1 is 1.39 bits per heavy atom. The first-order valence-corrected chi connectivity index (χ1v) is 9.96. The number of amides is 1. The van der Waals surface area contributed by atoms with Crippen LogP contribution in [0, 0.1) is 0 Å². The Labute approximate surface area is 145 Å². The van der Waals surface area contributed by atoms with Crippen LogP contribution in [0.3, 0.4) is 0 Å². The van der Waals surface area contributed by atoms with Gasteiger partial charge in [-0.25, -0.2) is 12.7 Å². The van der Waals surface area contributed by atoms with Gasteiger partial charge >= 0.3 is 0 Å². The molecule has 1 heterocycles. The number of carbonyl (C=O) groups is 1. The van der Waals surface area contributed by atoms with Gasteiger partial charge in [0.15, 0.2) is 0 Å². The minimum atomic E-state index is -3.15. The van der Waals surface area contributed by atoms with Crippen molar-refractivity contribution in [3.63, 3.8) is 0 Å². The van der Waals surface area contributed by atoms with Gasteiger partial charge in [0.1, 0.15) is 5.75 Å². The molecule has 1 aromatic rings. The lowest BCUT2D eigenvalue weighted by atomic mass is 10.1. The number of nitrogens with one attached hydrogen (secondary N) is 1. The molecule has 2 N–H and O–H groups in total. The normalized spacial score (nSPS) is 17.1. The Kier molecular flexibility index (Phi) is 6.05. The average Bonchev–Trinajstić information content (AvgIpc) is 2.50. The number of nitrogens with zero attached hydrogens (tertiary/aromatic N) is 1. The quantitative estimate of drug-likeness (QED) is 0.780. The van der Waals surface area contributed by atoms with Crippen LogP contribution in [0.25, 0.3) is 0 Å². The van der Waals surface area contributed by atoms with E-state index in [2.05, 4.69) is 21.2 Å². The molecule has 0 radical (unpaired) electrons. The van der Waals surface area contributed by atoms with E-state index >= 15 is 0 Å². The minimum Gasteiger partial charge on any atom is -0.508 e. The number of hydrogen-bond acceptors (Lipinski definition) is 4. The second-order valence-electron chi connectivity index (χ2n) is 5.59. The smallest absolute Gasteiger partial charge is 0.224 e. The van der Waals surface area contributed by atoms with Crippen LogP contribution in [0.4, 0.5) is 0 Å². The molecule has 128 valence electrons. The zero-order valence-electron chi connectivity index (χ0n) is 13.0. The van der Waals surface area contributed by atoms with E-state index in [1.807, 2.05) is 0 Å². The molecule has 2 rings (SSSR count). The number of benzene rings is 1. The van der Waals surface area contributed by atoms with Gasteiger partial charge in [0.2, 0.25) is 15.9 Å². The highest BCUT2D eigenvalue weighted by atomic mass is 79.9. The van der Waals surface area contributed by atoms with Gasteiger partial charge in [0.05, 0.1) is 12.2 Å². The highest BCUT2D eigenvalue weighted by Gasteiger charge is 2.27. The van der Waals surface area contributed by atoms with E-state index in [0.29, 0.717) is 31.5 Å². The molecule has 1 aromatic carbocycles. The van der Waals surface area contributed by atoms with Crippen LogP contribution < -0.4 is 5.32 Å². The number of phenolic OH excluding ortho intramolecular Hbond substituents is 1. The number of phenols is 1. The van der Waals surface area contributed by atoms with Gasteiger partial charge in [-0.1, -0.05) is 22.0 Å². The summed E-state index contributed by atoms with van der Waals surface area (Å²) in [5, 5.41) is 12.7. The van der Waals surface area contributed by atoms with Crippen molar-refractivity contribution in [2.75, 3.05) is 18.8 Å². The molecule has 0 aliphatic carbocycles.